The zero-order valence-electron chi connectivity index (χ0n) is 23.3. The molecule has 1 atom stereocenters. The zero-order valence-corrected chi connectivity index (χ0v) is 25.7. The quantitative estimate of drug-likeness (QED) is 0.254. The first kappa shape index (κ1) is 28.2. The average molecular weight is 649 g/mol. The summed E-state index contributed by atoms with van der Waals surface area (Å²) in [4.78, 5) is 35.4. The minimum atomic E-state index is -0.778. The van der Waals surface area contributed by atoms with Gasteiger partial charge in [0.15, 0.2) is 4.80 Å². The highest BCUT2D eigenvalue weighted by Crippen LogP contribution is 2.36. The first-order valence-corrected chi connectivity index (χ1v) is 15.6. The van der Waals surface area contributed by atoms with E-state index in [1.54, 1.807) is 24.7 Å². The third-order valence-corrected chi connectivity index (χ3v) is 8.94. The number of nitrogens with zero attached hydrogens (tertiary/aromatic N) is 3. The van der Waals surface area contributed by atoms with E-state index < -0.39 is 12.0 Å². The second kappa shape index (κ2) is 12.1. The average Bonchev–Trinajstić information content (AvgIpc) is 3.55. The van der Waals surface area contributed by atoms with Crippen LogP contribution in [0.4, 0.5) is 5.88 Å². The van der Waals surface area contributed by atoms with Crippen LogP contribution in [0.5, 0.6) is 5.75 Å². The molecule has 0 N–H and O–H groups in total. The number of esters is 1. The smallest absolute Gasteiger partial charge is 0.338 e. The van der Waals surface area contributed by atoms with E-state index in [0.29, 0.717) is 37.7 Å². The number of carbonyl (C=O) groups excluding carboxylic acids is 1. The van der Waals surface area contributed by atoms with Crippen LogP contribution in [0, 0.1) is 0 Å². The molecule has 0 bridgehead atoms. The molecule has 0 spiro atoms. The molecule has 4 heterocycles. The van der Waals surface area contributed by atoms with E-state index in [-0.39, 0.29) is 12.2 Å². The van der Waals surface area contributed by atoms with Crippen molar-refractivity contribution in [1.82, 2.24) is 4.57 Å². The number of benzene rings is 2. The molecule has 1 fully saturated rings. The van der Waals surface area contributed by atoms with E-state index in [2.05, 4.69) is 20.8 Å². The van der Waals surface area contributed by atoms with Crippen LogP contribution in [0.2, 0.25) is 0 Å². The summed E-state index contributed by atoms with van der Waals surface area (Å²) in [7, 11) is 1.59. The van der Waals surface area contributed by atoms with E-state index in [1.807, 2.05) is 60.7 Å². The van der Waals surface area contributed by atoms with Gasteiger partial charge in [-0.2, -0.15) is 0 Å². The van der Waals surface area contributed by atoms with Gasteiger partial charge in [-0.25, -0.2) is 9.79 Å². The summed E-state index contributed by atoms with van der Waals surface area (Å²) >= 11 is 4.91. The maximum atomic E-state index is 14.1. The minimum Gasteiger partial charge on any atom is -0.497 e. The summed E-state index contributed by atoms with van der Waals surface area (Å²) in [6.07, 6.45) is 5.22. The van der Waals surface area contributed by atoms with Gasteiger partial charge in [-0.3, -0.25) is 9.36 Å². The van der Waals surface area contributed by atoms with Crippen LogP contribution in [0.3, 0.4) is 0 Å². The molecule has 2 aromatic heterocycles. The molecule has 42 heavy (non-hydrogen) atoms. The highest BCUT2D eigenvalue weighted by atomic mass is 79.9. The number of hydrogen-bond acceptors (Lipinski definition) is 8. The highest BCUT2D eigenvalue weighted by Gasteiger charge is 2.35. The van der Waals surface area contributed by atoms with E-state index in [1.165, 1.54) is 17.8 Å². The predicted octanol–water partition coefficient (Wildman–Crippen LogP) is 5.29. The fourth-order valence-corrected chi connectivity index (χ4v) is 7.00. The van der Waals surface area contributed by atoms with Gasteiger partial charge >= 0.3 is 5.97 Å². The van der Waals surface area contributed by atoms with Crippen molar-refractivity contribution in [3.63, 3.8) is 0 Å². The number of ether oxygens (including phenoxy) is 2. The molecule has 4 aromatic rings. The van der Waals surface area contributed by atoms with Gasteiger partial charge in [0, 0.05) is 30.8 Å². The van der Waals surface area contributed by atoms with Gasteiger partial charge in [0.2, 0.25) is 5.88 Å². The van der Waals surface area contributed by atoms with Crippen molar-refractivity contribution in [3.05, 3.63) is 107 Å². The number of carbonyl (C=O) groups is 1. The van der Waals surface area contributed by atoms with Gasteiger partial charge in [-0.05, 0) is 59.8 Å². The summed E-state index contributed by atoms with van der Waals surface area (Å²) in [5, 5.41) is 0. The van der Waals surface area contributed by atoms with Crippen LogP contribution >= 0.6 is 27.3 Å². The lowest BCUT2D eigenvalue weighted by Crippen LogP contribution is -2.40. The topological polar surface area (TPSA) is 86.3 Å². The van der Waals surface area contributed by atoms with Gasteiger partial charge in [0.05, 0.1) is 40.0 Å². The largest absolute Gasteiger partial charge is 0.497 e. The lowest BCUT2D eigenvalue weighted by Gasteiger charge is -2.26. The van der Waals surface area contributed by atoms with E-state index >= 15 is 0 Å². The number of fused-ring (bicyclic) bond motifs is 1. The fourth-order valence-electron chi connectivity index (χ4n) is 5.46. The minimum absolute atomic E-state index is 0.187. The molecule has 0 radical (unpaired) electrons. The Morgan fingerprint density at radius 1 is 1.12 bits per heavy atom. The standard InChI is InChI=1S/C32H30BrN3O5S/c1-3-40-31(38)26-27(20-11-6-4-7-12-20)34-32-36(28(26)21-13-10-14-22(17-21)39-2)29(37)25(42-32)19-23-18-24(33)30(41-23)35-15-8-5-9-16-35/h4,6-7,10-14,17-19,28H,3,5,8-9,15-16H2,1-2H3/b25-19+/t28-/m1/s1. The Kier molecular flexibility index (Phi) is 8.17. The van der Waals surface area contributed by atoms with Gasteiger partial charge < -0.3 is 18.8 Å². The zero-order chi connectivity index (χ0) is 29.2. The number of piperidine rings is 1. The number of furan rings is 1. The second-order valence-electron chi connectivity index (χ2n) is 10.1. The molecule has 0 unspecified atom stereocenters. The number of hydrogen-bond donors (Lipinski definition) is 0. The number of thiazole rings is 1. The summed E-state index contributed by atoms with van der Waals surface area (Å²) in [6, 6.07) is 18.0. The molecule has 2 aliphatic heterocycles. The van der Waals surface area contributed by atoms with Crippen LogP contribution in [-0.4, -0.2) is 37.3 Å². The Balaban J connectivity index is 1.56. The first-order chi connectivity index (χ1) is 20.5. The Morgan fingerprint density at radius 2 is 1.90 bits per heavy atom. The van der Waals surface area contributed by atoms with Crippen LogP contribution in [0.1, 0.15) is 49.1 Å². The van der Waals surface area contributed by atoms with Crippen LogP contribution in [0.15, 0.2) is 84.9 Å². The van der Waals surface area contributed by atoms with Crippen molar-refractivity contribution >= 4 is 50.9 Å². The molecular formula is C32H30BrN3O5S. The number of anilines is 1. The summed E-state index contributed by atoms with van der Waals surface area (Å²) < 4.78 is 20.1. The Labute approximate surface area is 255 Å². The molecule has 2 aromatic carbocycles. The number of methoxy groups -OCH3 is 1. The lowest BCUT2D eigenvalue weighted by molar-refractivity contribution is -0.138. The maximum absolute atomic E-state index is 14.1. The van der Waals surface area contributed by atoms with Crippen LogP contribution < -0.4 is 24.5 Å². The van der Waals surface area contributed by atoms with Gasteiger partial charge in [0.1, 0.15) is 11.5 Å². The van der Waals surface area contributed by atoms with E-state index in [4.69, 9.17) is 18.9 Å². The van der Waals surface area contributed by atoms with Crippen molar-refractivity contribution in [2.24, 2.45) is 4.99 Å². The molecule has 0 aliphatic carbocycles. The first-order valence-electron chi connectivity index (χ1n) is 13.9. The van der Waals surface area contributed by atoms with Gasteiger partial charge in [-0.15, -0.1) is 0 Å². The molecule has 2 aliphatic rings. The third kappa shape index (κ3) is 5.36. The van der Waals surface area contributed by atoms with Crippen molar-refractivity contribution in [3.8, 4) is 5.75 Å². The molecule has 0 amide bonds. The third-order valence-electron chi connectivity index (χ3n) is 7.39. The molecule has 0 saturated carbocycles. The van der Waals surface area contributed by atoms with Gasteiger partial charge in [-0.1, -0.05) is 53.8 Å². The predicted molar refractivity (Wildman–Crippen MR) is 167 cm³/mol. The number of halogens is 1. The van der Waals surface area contributed by atoms with Crippen molar-refractivity contribution < 1.29 is 18.7 Å². The monoisotopic (exact) mass is 647 g/mol. The van der Waals surface area contributed by atoms with Crippen molar-refractivity contribution in [2.45, 2.75) is 32.2 Å². The maximum Gasteiger partial charge on any atom is 0.338 e. The van der Waals surface area contributed by atoms with E-state index in [0.717, 1.165) is 41.9 Å². The SMILES string of the molecule is CCOC(=O)C1=C(c2ccccc2)N=c2s/c(=C/c3cc(Br)c(N4CCCCC4)o3)c(=O)n2[C@@H]1c1cccc(OC)c1. The van der Waals surface area contributed by atoms with Crippen LogP contribution in [-0.2, 0) is 9.53 Å². The van der Waals surface area contributed by atoms with Crippen molar-refractivity contribution in [1.29, 1.82) is 0 Å². The Morgan fingerprint density at radius 3 is 2.64 bits per heavy atom. The summed E-state index contributed by atoms with van der Waals surface area (Å²) in [6.45, 7) is 3.82. The summed E-state index contributed by atoms with van der Waals surface area (Å²) in [5.41, 5.74) is 1.97. The van der Waals surface area contributed by atoms with E-state index in [9.17, 15) is 9.59 Å². The fraction of sp³-hybridized carbons (Fsp3) is 0.281. The van der Waals surface area contributed by atoms with Crippen LogP contribution in [0.25, 0.3) is 11.8 Å². The number of aromatic nitrogens is 1. The molecular weight excluding hydrogens is 618 g/mol. The Bertz CT molecular complexity index is 1830. The molecule has 8 nitrogen and oxygen atoms in total. The Hall–Kier alpha value is -3.89. The molecule has 1 saturated heterocycles. The summed E-state index contributed by atoms with van der Waals surface area (Å²) in [5.74, 6) is 1.43. The number of rotatable bonds is 7. The normalized spacial score (nSPS) is 17.2. The van der Waals surface area contributed by atoms with Gasteiger partial charge in [0.25, 0.3) is 5.56 Å². The highest BCUT2D eigenvalue weighted by molar-refractivity contribution is 9.10. The van der Waals surface area contributed by atoms with Crippen molar-refractivity contribution in [2.75, 3.05) is 31.7 Å². The molecule has 6 rings (SSSR count). The lowest BCUT2D eigenvalue weighted by atomic mass is 9.93. The second-order valence-corrected chi connectivity index (χ2v) is 11.9. The molecule has 216 valence electrons. The molecule has 10 heteroatoms.